The van der Waals surface area contributed by atoms with Crippen molar-refractivity contribution in [3.8, 4) is 0 Å². The maximum atomic E-state index is 12.7. The first-order valence-corrected chi connectivity index (χ1v) is 8.19. The average molecular weight is 331 g/mol. The summed E-state index contributed by atoms with van der Waals surface area (Å²) in [5, 5.41) is 6.61. The summed E-state index contributed by atoms with van der Waals surface area (Å²) in [5.74, 6) is -0.529. The molecule has 1 aromatic heterocycles. The van der Waals surface area contributed by atoms with Gasteiger partial charge in [-0.05, 0) is 25.8 Å². The largest absolute Gasteiger partial charge is 0.435 e. The van der Waals surface area contributed by atoms with E-state index in [1.165, 1.54) is 17.5 Å². The molecule has 0 saturated heterocycles. The first-order chi connectivity index (χ1) is 10.8. The van der Waals surface area contributed by atoms with Crippen LogP contribution in [0.3, 0.4) is 0 Å². The fourth-order valence-electron chi connectivity index (χ4n) is 2.94. The Morgan fingerprint density at radius 3 is 2.48 bits per heavy atom. The van der Waals surface area contributed by atoms with Crippen LogP contribution in [0.15, 0.2) is 6.07 Å². The van der Waals surface area contributed by atoms with Gasteiger partial charge in [0, 0.05) is 11.7 Å². The number of hydrogen-bond donors (Lipinski definition) is 1. The van der Waals surface area contributed by atoms with Gasteiger partial charge >= 0.3 is 6.18 Å². The highest BCUT2D eigenvalue weighted by Crippen LogP contribution is 2.28. The number of aromatic nitrogens is 2. The van der Waals surface area contributed by atoms with Gasteiger partial charge in [0.25, 0.3) is 0 Å². The number of nitrogens with one attached hydrogen (secondary N) is 1. The molecule has 0 unspecified atom stereocenters. The number of carbonyl (C=O) groups is 1. The third-order valence-electron chi connectivity index (χ3n) is 4.37. The van der Waals surface area contributed by atoms with Crippen LogP contribution in [-0.4, -0.2) is 21.7 Å². The molecule has 4 nitrogen and oxygen atoms in total. The number of alkyl halides is 3. The number of halogens is 3. The summed E-state index contributed by atoms with van der Waals surface area (Å²) in [7, 11) is 0. The van der Waals surface area contributed by atoms with Crippen LogP contribution in [0, 0.1) is 12.8 Å². The van der Waals surface area contributed by atoms with E-state index in [0.29, 0.717) is 5.69 Å². The normalized spacial score (nSPS) is 18.5. The lowest BCUT2D eigenvalue weighted by Crippen LogP contribution is -2.39. The van der Waals surface area contributed by atoms with Gasteiger partial charge in [-0.1, -0.05) is 32.6 Å². The van der Waals surface area contributed by atoms with E-state index in [0.717, 1.165) is 31.7 Å². The zero-order valence-electron chi connectivity index (χ0n) is 13.6. The van der Waals surface area contributed by atoms with Gasteiger partial charge in [0.2, 0.25) is 5.91 Å². The van der Waals surface area contributed by atoms with E-state index in [4.69, 9.17) is 0 Å². The van der Waals surface area contributed by atoms with Gasteiger partial charge in [-0.15, -0.1) is 0 Å². The molecule has 23 heavy (non-hydrogen) atoms. The summed E-state index contributed by atoms with van der Waals surface area (Å²) in [6.07, 6.45) is 2.15. The van der Waals surface area contributed by atoms with E-state index in [1.54, 1.807) is 13.8 Å². The molecule has 1 heterocycles. The van der Waals surface area contributed by atoms with E-state index >= 15 is 0 Å². The van der Waals surface area contributed by atoms with Crippen molar-refractivity contribution in [2.45, 2.75) is 71.1 Å². The Morgan fingerprint density at radius 2 is 1.96 bits per heavy atom. The van der Waals surface area contributed by atoms with Crippen LogP contribution in [0.1, 0.15) is 56.8 Å². The average Bonchev–Trinajstić information content (AvgIpc) is 2.68. The van der Waals surface area contributed by atoms with Crippen LogP contribution < -0.4 is 5.32 Å². The van der Waals surface area contributed by atoms with E-state index in [-0.39, 0.29) is 18.5 Å². The van der Waals surface area contributed by atoms with Gasteiger partial charge in [-0.2, -0.15) is 18.3 Å². The number of nitrogens with zero attached hydrogens (tertiary/aromatic N) is 2. The predicted octanol–water partition coefficient (Wildman–Crippen LogP) is 3.69. The zero-order valence-corrected chi connectivity index (χ0v) is 13.6. The van der Waals surface area contributed by atoms with Gasteiger partial charge in [0.15, 0.2) is 5.69 Å². The highest BCUT2D eigenvalue weighted by Gasteiger charge is 2.34. The molecule has 0 aliphatic heterocycles. The van der Waals surface area contributed by atoms with Crippen molar-refractivity contribution in [2.24, 2.45) is 5.92 Å². The standard InChI is InChI=1S/C16H24F3N3O/c1-11(15(23)20-13-7-5-3-4-6-8-13)10-22-12(2)9-14(21-22)16(17,18)19/h9,11,13H,3-8,10H2,1-2H3,(H,20,23)/t11-/m1/s1. The fourth-order valence-corrected chi connectivity index (χ4v) is 2.94. The van der Waals surface area contributed by atoms with Crippen molar-refractivity contribution in [1.82, 2.24) is 15.1 Å². The Hall–Kier alpha value is -1.53. The molecule has 0 spiro atoms. The van der Waals surface area contributed by atoms with Crippen LogP contribution in [0.4, 0.5) is 13.2 Å². The number of amides is 1. The quantitative estimate of drug-likeness (QED) is 0.856. The molecule has 2 rings (SSSR count). The van der Waals surface area contributed by atoms with Crippen LogP contribution in [0.2, 0.25) is 0 Å². The fraction of sp³-hybridized carbons (Fsp3) is 0.750. The minimum atomic E-state index is -4.46. The molecular formula is C16H24F3N3O. The summed E-state index contributed by atoms with van der Waals surface area (Å²) in [6.45, 7) is 3.44. The Bertz CT molecular complexity index is 531. The molecule has 0 radical (unpaired) electrons. The van der Waals surface area contributed by atoms with E-state index in [9.17, 15) is 18.0 Å². The topological polar surface area (TPSA) is 46.9 Å². The van der Waals surface area contributed by atoms with Crippen LogP contribution in [-0.2, 0) is 17.5 Å². The van der Waals surface area contributed by atoms with Gasteiger partial charge in [-0.3, -0.25) is 9.48 Å². The summed E-state index contributed by atoms with van der Waals surface area (Å²) in [4.78, 5) is 12.3. The number of rotatable bonds is 4. The first kappa shape index (κ1) is 17.8. The Labute approximate surface area is 134 Å². The smallest absolute Gasteiger partial charge is 0.353 e. The van der Waals surface area contributed by atoms with Gasteiger partial charge in [0.05, 0.1) is 12.5 Å². The number of hydrogen-bond acceptors (Lipinski definition) is 2. The summed E-state index contributed by atoms with van der Waals surface area (Å²) in [6, 6.07) is 1.20. The third-order valence-corrected chi connectivity index (χ3v) is 4.37. The second-order valence-electron chi connectivity index (χ2n) is 6.45. The predicted molar refractivity (Wildman–Crippen MR) is 80.8 cm³/mol. The molecule has 1 fully saturated rings. The first-order valence-electron chi connectivity index (χ1n) is 8.19. The van der Waals surface area contributed by atoms with Gasteiger partial charge < -0.3 is 5.32 Å². The summed E-state index contributed by atoms with van der Waals surface area (Å²) in [5.41, 5.74) is -0.502. The number of aryl methyl sites for hydroxylation is 1. The number of carbonyl (C=O) groups excluding carboxylic acids is 1. The lowest BCUT2D eigenvalue weighted by molar-refractivity contribution is -0.141. The lowest BCUT2D eigenvalue weighted by Gasteiger charge is -2.20. The second-order valence-corrected chi connectivity index (χ2v) is 6.45. The van der Waals surface area contributed by atoms with Crippen LogP contribution in [0.5, 0.6) is 0 Å². The molecule has 1 atom stereocenters. The lowest BCUT2D eigenvalue weighted by atomic mass is 10.1. The maximum Gasteiger partial charge on any atom is 0.435 e. The molecule has 7 heteroatoms. The Balaban J connectivity index is 1.94. The summed E-state index contributed by atoms with van der Waals surface area (Å²) >= 11 is 0. The van der Waals surface area contributed by atoms with Crippen LogP contribution >= 0.6 is 0 Å². The zero-order chi connectivity index (χ0) is 17.0. The highest BCUT2D eigenvalue weighted by atomic mass is 19.4. The highest BCUT2D eigenvalue weighted by molar-refractivity contribution is 5.78. The Kier molecular flexibility index (Phi) is 5.70. The Morgan fingerprint density at radius 1 is 1.35 bits per heavy atom. The SMILES string of the molecule is Cc1cc(C(F)(F)F)nn1C[C@@H](C)C(=O)NC1CCCCCC1. The summed E-state index contributed by atoms with van der Waals surface area (Å²) < 4.78 is 39.3. The molecule has 1 aromatic rings. The van der Waals surface area contributed by atoms with Crippen LogP contribution in [0.25, 0.3) is 0 Å². The molecule has 1 amide bonds. The van der Waals surface area contributed by atoms with Crippen molar-refractivity contribution in [1.29, 1.82) is 0 Å². The maximum absolute atomic E-state index is 12.7. The molecule has 0 aromatic carbocycles. The van der Waals surface area contributed by atoms with Crippen molar-refractivity contribution in [2.75, 3.05) is 0 Å². The third kappa shape index (κ3) is 4.97. The van der Waals surface area contributed by atoms with E-state index in [1.807, 2.05) is 0 Å². The van der Waals surface area contributed by atoms with E-state index < -0.39 is 17.8 Å². The van der Waals surface area contributed by atoms with Crippen molar-refractivity contribution >= 4 is 5.91 Å². The minimum absolute atomic E-state index is 0.111. The molecule has 0 bridgehead atoms. The molecule has 1 saturated carbocycles. The molecular weight excluding hydrogens is 307 g/mol. The molecule has 1 aliphatic rings. The monoisotopic (exact) mass is 331 g/mol. The minimum Gasteiger partial charge on any atom is -0.353 e. The van der Waals surface area contributed by atoms with Crippen molar-refractivity contribution in [3.63, 3.8) is 0 Å². The van der Waals surface area contributed by atoms with Crippen molar-refractivity contribution < 1.29 is 18.0 Å². The van der Waals surface area contributed by atoms with Gasteiger partial charge in [0.1, 0.15) is 0 Å². The molecule has 1 aliphatic carbocycles. The van der Waals surface area contributed by atoms with Gasteiger partial charge in [-0.25, -0.2) is 0 Å². The molecule has 130 valence electrons. The van der Waals surface area contributed by atoms with E-state index in [2.05, 4.69) is 10.4 Å². The van der Waals surface area contributed by atoms with Crippen molar-refractivity contribution in [3.05, 3.63) is 17.5 Å². The second kappa shape index (κ2) is 7.36. The molecule has 1 N–H and O–H groups in total.